The van der Waals surface area contributed by atoms with Gasteiger partial charge >= 0.3 is 0 Å². The summed E-state index contributed by atoms with van der Waals surface area (Å²) in [6, 6.07) is 6.42. The van der Waals surface area contributed by atoms with Crippen molar-refractivity contribution < 1.29 is 4.74 Å². The van der Waals surface area contributed by atoms with Crippen LogP contribution >= 0.6 is 11.8 Å². The molecule has 0 saturated carbocycles. The number of nitrogens with zero attached hydrogens (tertiary/aromatic N) is 4. The Hall–Kier alpha value is -2.38. The monoisotopic (exact) mass is 325 g/mol. The summed E-state index contributed by atoms with van der Waals surface area (Å²) in [4.78, 5) is 19.5. The van der Waals surface area contributed by atoms with Crippen LogP contribution in [-0.4, -0.2) is 33.8 Å². The maximum absolute atomic E-state index is 5.37. The van der Waals surface area contributed by atoms with Gasteiger partial charge in [-0.3, -0.25) is 4.90 Å². The van der Waals surface area contributed by atoms with Crippen LogP contribution in [0.1, 0.15) is 11.4 Å². The van der Waals surface area contributed by atoms with Crippen molar-refractivity contribution in [2.24, 2.45) is 0 Å². The summed E-state index contributed by atoms with van der Waals surface area (Å²) in [5.41, 5.74) is 2.28. The van der Waals surface area contributed by atoms with Gasteiger partial charge in [0.2, 0.25) is 0 Å². The summed E-state index contributed by atoms with van der Waals surface area (Å²) in [6.45, 7) is 0.434. The standard InChI is InChI=1S/C16H15N5OS/c1-22-10-21-12-8-11(9-14-17-4-5-18-14)2-3-13(12)23-16-15(21)19-6-7-20-16/h2-8H,9-10H2,1H3,(H,17,18). The third-order valence-corrected chi connectivity index (χ3v) is 4.65. The van der Waals surface area contributed by atoms with Gasteiger partial charge < -0.3 is 9.72 Å². The first-order chi connectivity index (χ1) is 11.3. The van der Waals surface area contributed by atoms with Crippen molar-refractivity contribution in [3.8, 4) is 0 Å². The smallest absolute Gasteiger partial charge is 0.168 e. The van der Waals surface area contributed by atoms with Gasteiger partial charge in [0.05, 0.1) is 5.69 Å². The van der Waals surface area contributed by atoms with E-state index >= 15 is 0 Å². The number of methoxy groups -OCH3 is 1. The molecule has 1 N–H and O–H groups in total. The second-order valence-electron chi connectivity index (χ2n) is 5.15. The Bertz CT molecular complexity index is 821. The van der Waals surface area contributed by atoms with Crippen LogP contribution in [0.15, 0.2) is 52.9 Å². The number of nitrogens with one attached hydrogen (secondary N) is 1. The van der Waals surface area contributed by atoms with Gasteiger partial charge in [-0.05, 0) is 17.7 Å². The average molecular weight is 325 g/mol. The number of anilines is 2. The fourth-order valence-electron chi connectivity index (χ4n) is 2.61. The molecule has 7 heteroatoms. The van der Waals surface area contributed by atoms with Crippen LogP contribution in [0.5, 0.6) is 0 Å². The molecule has 3 aromatic rings. The molecule has 0 fully saturated rings. The average Bonchev–Trinajstić information content (AvgIpc) is 3.08. The van der Waals surface area contributed by atoms with E-state index in [1.54, 1.807) is 37.5 Å². The molecule has 0 radical (unpaired) electrons. The van der Waals surface area contributed by atoms with Crippen LogP contribution < -0.4 is 4.90 Å². The molecule has 0 bridgehead atoms. The SMILES string of the molecule is COCN1c2cc(Cc3ncc[nH]3)ccc2Sc2nccnc21. The molecule has 0 unspecified atom stereocenters. The highest BCUT2D eigenvalue weighted by Crippen LogP contribution is 2.46. The van der Waals surface area contributed by atoms with Crippen LogP contribution in [-0.2, 0) is 11.2 Å². The molecule has 1 aromatic carbocycles. The van der Waals surface area contributed by atoms with Crippen molar-refractivity contribution in [1.82, 2.24) is 19.9 Å². The normalized spacial score (nSPS) is 12.8. The van der Waals surface area contributed by atoms with Crippen LogP contribution in [0.25, 0.3) is 0 Å². The van der Waals surface area contributed by atoms with Gasteiger partial charge in [0.1, 0.15) is 17.6 Å². The number of H-pyrrole nitrogens is 1. The number of benzene rings is 1. The Balaban J connectivity index is 1.73. The predicted molar refractivity (Wildman–Crippen MR) is 88.0 cm³/mol. The van der Waals surface area contributed by atoms with E-state index in [1.807, 2.05) is 6.20 Å². The molecule has 0 saturated heterocycles. The van der Waals surface area contributed by atoms with Gasteiger partial charge in [0, 0.05) is 43.2 Å². The second kappa shape index (κ2) is 6.02. The lowest BCUT2D eigenvalue weighted by Crippen LogP contribution is -2.24. The number of ether oxygens (including phenoxy) is 1. The van der Waals surface area contributed by atoms with Crippen molar-refractivity contribution in [2.75, 3.05) is 18.7 Å². The van der Waals surface area contributed by atoms with Crippen molar-refractivity contribution in [1.29, 1.82) is 0 Å². The molecule has 6 nitrogen and oxygen atoms in total. The van der Waals surface area contributed by atoms with Crippen LogP contribution in [0.4, 0.5) is 11.5 Å². The number of rotatable bonds is 4. The lowest BCUT2D eigenvalue weighted by atomic mass is 10.1. The predicted octanol–water partition coefficient (Wildman–Crippen LogP) is 3.00. The molecule has 0 aliphatic carbocycles. The zero-order valence-corrected chi connectivity index (χ0v) is 13.4. The number of hydrogen-bond acceptors (Lipinski definition) is 6. The van der Waals surface area contributed by atoms with Crippen molar-refractivity contribution in [3.63, 3.8) is 0 Å². The quantitative estimate of drug-likeness (QED) is 0.795. The van der Waals surface area contributed by atoms with Gasteiger partial charge in [0.15, 0.2) is 5.82 Å². The molecule has 0 atom stereocenters. The Morgan fingerprint density at radius 1 is 1.17 bits per heavy atom. The second-order valence-corrected chi connectivity index (χ2v) is 6.18. The van der Waals surface area contributed by atoms with E-state index in [4.69, 9.17) is 4.74 Å². The Morgan fingerprint density at radius 2 is 2.09 bits per heavy atom. The zero-order chi connectivity index (χ0) is 15.6. The third-order valence-electron chi connectivity index (χ3n) is 3.61. The summed E-state index contributed by atoms with van der Waals surface area (Å²) < 4.78 is 5.37. The molecule has 0 amide bonds. The van der Waals surface area contributed by atoms with Crippen LogP contribution in [0.3, 0.4) is 0 Å². The van der Waals surface area contributed by atoms with Gasteiger partial charge in [0.25, 0.3) is 0 Å². The van der Waals surface area contributed by atoms with Crippen molar-refractivity contribution in [3.05, 3.63) is 54.4 Å². The van der Waals surface area contributed by atoms with Crippen molar-refractivity contribution in [2.45, 2.75) is 16.3 Å². The van der Waals surface area contributed by atoms with Crippen molar-refractivity contribution >= 4 is 23.3 Å². The molecule has 1 aliphatic heterocycles. The Labute approximate surface area is 137 Å². The first kappa shape index (κ1) is 14.2. The molecule has 1 aliphatic rings. The topological polar surface area (TPSA) is 66.9 Å². The maximum Gasteiger partial charge on any atom is 0.168 e. The van der Waals surface area contributed by atoms with Crippen LogP contribution in [0, 0.1) is 0 Å². The lowest BCUT2D eigenvalue weighted by Gasteiger charge is -2.30. The molecule has 116 valence electrons. The summed E-state index contributed by atoms with van der Waals surface area (Å²) in [5.74, 6) is 1.79. The van der Waals surface area contributed by atoms with Gasteiger partial charge in [-0.1, -0.05) is 17.8 Å². The fraction of sp³-hybridized carbons (Fsp3) is 0.188. The van der Waals surface area contributed by atoms with Crippen LogP contribution in [0.2, 0.25) is 0 Å². The summed E-state index contributed by atoms with van der Waals surface area (Å²) in [5, 5.41) is 0.899. The molecular weight excluding hydrogens is 310 g/mol. The summed E-state index contributed by atoms with van der Waals surface area (Å²) >= 11 is 1.63. The van der Waals surface area contributed by atoms with Gasteiger partial charge in [-0.15, -0.1) is 0 Å². The minimum atomic E-state index is 0.434. The molecular formula is C16H15N5OS. The maximum atomic E-state index is 5.37. The minimum absolute atomic E-state index is 0.434. The van der Waals surface area contributed by atoms with Gasteiger partial charge in [-0.25, -0.2) is 15.0 Å². The van der Waals surface area contributed by atoms with E-state index in [2.05, 4.69) is 43.0 Å². The summed E-state index contributed by atoms with van der Waals surface area (Å²) in [7, 11) is 1.68. The van der Waals surface area contributed by atoms with Gasteiger partial charge in [-0.2, -0.15) is 0 Å². The van der Waals surface area contributed by atoms with E-state index < -0.39 is 0 Å². The Morgan fingerprint density at radius 3 is 2.91 bits per heavy atom. The molecule has 0 spiro atoms. The van der Waals surface area contributed by atoms with E-state index in [0.717, 1.165) is 33.7 Å². The first-order valence-corrected chi connectivity index (χ1v) is 8.03. The number of aromatic amines is 1. The highest BCUT2D eigenvalue weighted by Gasteiger charge is 2.25. The first-order valence-electron chi connectivity index (χ1n) is 7.21. The largest absolute Gasteiger partial charge is 0.364 e. The zero-order valence-electron chi connectivity index (χ0n) is 12.6. The number of aromatic nitrogens is 4. The van der Waals surface area contributed by atoms with E-state index in [1.165, 1.54) is 5.56 Å². The summed E-state index contributed by atoms with van der Waals surface area (Å²) in [6.07, 6.45) is 7.80. The molecule has 23 heavy (non-hydrogen) atoms. The van der Waals surface area contributed by atoms with E-state index in [-0.39, 0.29) is 0 Å². The lowest BCUT2D eigenvalue weighted by molar-refractivity contribution is 0.204. The minimum Gasteiger partial charge on any atom is -0.364 e. The van der Waals surface area contributed by atoms with E-state index in [9.17, 15) is 0 Å². The Kier molecular flexibility index (Phi) is 3.72. The number of hydrogen-bond donors (Lipinski definition) is 1. The number of imidazole rings is 1. The van der Waals surface area contributed by atoms with E-state index in [0.29, 0.717) is 6.73 Å². The third kappa shape index (κ3) is 2.69. The molecule has 4 rings (SSSR count). The number of fused-ring (bicyclic) bond motifs is 2. The molecule has 3 heterocycles. The fourth-order valence-corrected chi connectivity index (χ4v) is 3.60. The highest BCUT2D eigenvalue weighted by atomic mass is 32.2. The highest BCUT2D eigenvalue weighted by molar-refractivity contribution is 7.99. The molecule has 2 aromatic heterocycles.